The predicted octanol–water partition coefficient (Wildman–Crippen LogP) is 6.79. The molecule has 0 saturated carbocycles. The minimum atomic E-state index is -0.284. The van der Waals surface area contributed by atoms with Crippen molar-refractivity contribution in [3.63, 3.8) is 0 Å². The van der Waals surface area contributed by atoms with Gasteiger partial charge in [0.25, 0.3) is 0 Å². The van der Waals surface area contributed by atoms with Crippen molar-refractivity contribution in [1.29, 1.82) is 0 Å². The van der Waals surface area contributed by atoms with Crippen LogP contribution in [0.5, 0.6) is 0 Å². The number of pyridine rings is 1. The minimum Gasteiger partial charge on any atom is -0.333 e. The van der Waals surface area contributed by atoms with Gasteiger partial charge in [-0.05, 0) is 43.2 Å². The second-order valence-electron chi connectivity index (χ2n) is 10.3. The normalized spacial score (nSPS) is 15.9. The van der Waals surface area contributed by atoms with Crippen LogP contribution in [0, 0.1) is 0 Å². The summed E-state index contributed by atoms with van der Waals surface area (Å²) in [6.45, 7) is 4.31. The lowest BCUT2D eigenvalue weighted by Crippen LogP contribution is -2.26. The Morgan fingerprint density at radius 3 is 2.45 bits per heavy atom. The zero-order valence-electron chi connectivity index (χ0n) is 21.8. The maximum Gasteiger partial charge on any atom is 0.328 e. The second kappa shape index (κ2) is 9.03. The molecule has 0 N–H and O–H groups in total. The molecular formula is C31H28N4O2S. The first kappa shape index (κ1) is 24.2. The van der Waals surface area contributed by atoms with E-state index in [1.807, 2.05) is 73.1 Å². The van der Waals surface area contributed by atoms with Crippen LogP contribution in [-0.4, -0.2) is 44.9 Å². The summed E-state index contributed by atoms with van der Waals surface area (Å²) < 4.78 is 3.49. The van der Waals surface area contributed by atoms with Crippen molar-refractivity contribution in [2.45, 2.75) is 24.0 Å². The second-order valence-corrected chi connectivity index (χ2v) is 12.0. The van der Waals surface area contributed by atoms with Crippen LogP contribution in [0.2, 0.25) is 0 Å². The summed E-state index contributed by atoms with van der Waals surface area (Å²) in [4.78, 5) is 33.2. The molecule has 1 amide bonds. The van der Waals surface area contributed by atoms with Gasteiger partial charge in [-0.2, -0.15) is 0 Å². The molecule has 0 aliphatic carbocycles. The molecule has 0 saturated heterocycles. The zero-order valence-corrected chi connectivity index (χ0v) is 22.6. The molecule has 0 bridgehead atoms. The van der Waals surface area contributed by atoms with Gasteiger partial charge in [-0.15, -0.1) is 11.8 Å². The Hall–Kier alpha value is -4.10. The molecule has 1 unspecified atom stereocenters. The molecule has 4 heterocycles. The van der Waals surface area contributed by atoms with Crippen LogP contribution < -0.4 is 0 Å². The lowest BCUT2D eigenvalue weighted by molar-refractivity contribution is 0.103. The summed E-state index contributed by atoms with van der Waals surface area (Å²) in [7, 11) is 3.44. The van der Waals surface area contributed by atoms with Crippen LogP contribution in [0.15, 0.2) is 91.5 Å². The molecule has 1 atom stereocenters. The number of aromatic nitrogens is 3. The third-order valence-electron chi connectivity index (χ3n) is 7.10. The molecule has 1 aliphatic rings. The van der Waals surface area contributed by atoms with Gasteiger partial charge >= 0.3 is 6.03 Å². The number of nitrogens with zero attached hydrogens (tertiary/aromatic N) is 4. The SMILES string of the molecule is CN(C)C(=O)n1cc(C(=O)c2ccn3c2C(C)(C)SC3c2cccnc2)c2ccc(-c3ccccc3)cc21. The maximum atomic E-state index is 14.2. The number of hydrogen-bond donors (Lipinski definition) is 0. The first-order valence-corrected chi connectivity index (χ1v) is 13.4. The molecule has 2 aromatic carbocycles. The van der Waals surface area contributed by atoms with Gasteiger partial charge in [0.1, 0.15) is 5.37 Å². The molecule has 3 aromatic heterocycles. The summed E-state index contributed by atoms with van der Waals surface area (Å²) in [6.07, 6.45) is 7.35. The van der Waals surface area contributed by atoms with E-state index in [4.69, 9.17) is 0 Å². The number of benzene rings is 2. The van der Waals surface area contributed by atoms with Gasteiger partial charge in [0, 0.05) is 66.7 Å². The molecular weight excluding hydrogens is 492 g/mol. The first-order chi connectivity index (χ1) is 18.3. The molecule has 0 spiro atoms. The molecule has 7 heteroatoms. The summed E-state index contributed by atoms with van der Waals surface area (Å²) >= 11 is 1.81. The van der Waals surface area contributed by atoms with E-state index < -0.39 is 0 Å². The standard InChI is InChI=1S/C31H28N4O2S/c1-31(2)28-24(14-16-34(28)29(38-31)22-11-8-15-32-18-22)27(36)25-19-35(30(37)33(3)4)26-17-21(12-13-23(25)26)20-9-6-5-7-10-20/h5-19,29H,1-4H3. The van der Waals surface area contributed by atoms with Crippen molar-refractivity contribution in [2.75, 3.05) is 14.1 Å². The van der Waals surface area contributed by atoms with Gasteiger partial charge in [-0.3, -0.25) is 14.3 Å². The van der Waals surface area contributed by atoms with Crippen molar-refractivity contribution < 1.29 is 9.59 Å². The van der Waals surface area contributed by atoms with Crippen LogP contribution in [0.3, 0.4) is 0 Å². The van der Waals surface area contributed by atoms with Gasteiger partial charge in [0.15, 0.2) is 5.78 Å². The molecule has 190 valence electrons. The highest BCUT2D eigenvalue weighted by atomic mass is 32.2. The molecule has 38 heavy (non-hydrogen) atoms. The highest BCUT2D eigenvalue weighted by Gasteiger charge is 2.42. The Morgan fingerprint density at radius 2 is 1.74 bits per heavy atom. The van der Waals surface area contributed by atoms with Crippen molar-refractivity contribution in [3.05, 3.63) is 114 Å². The number of fused-ring (bicyclic) bond motifs is 2. The number of amides is 1. The average Bonchev–Trinajstić information content (AvgIpc) is 3.61. The monoisotopic (exact) mass is 520 g/mol. The van der Waals surface area contributed by atoms with Crippen LogP contribution in [0.1, 0.15) is 46.4 Å². The van der Waals surface area contributed by atoms with Gasteiger partial charge in [0.05, 0.1) is 10.3 Å². The van der Waals surface area contributed by atoms with E-state index in [9.17, 15) is 9.59 Å². The third kappa shape index (κ3) is 3.85. The van der Waals surface area contributed by atoms with Crippen LogP contribution >= 0.6 is 11.8 Å². The van der Waals surface area contributed by atoms with Crippen molar-refractivity contribution in [2.24, 2.45) is 0 Å². The van der Waals surface area contributed by atoms with E-state index in [0.29, 0.717) is 16.6 Å². The highest BCUT2D eigenvalue weighted by molar-refractivity contribution is 8.00. The van der Waals surface area contributed by atoms with Crippen LogP contribution in [0.4, 0.5) is 4.79 Å². The van der Waals surface area contributed by atoms with E-state index in [2.05, 4.69) is 29.5 Å². The Morgan fingerprint density at radius 1 is 0.947 bits per heavy atom. The Bertz CT molecular complexity index is 1680. The smallest absolute Gasteiger partial charge is 0.328 e. The van der Waals surface area contributed by atoms with Gasteiger partial charge in [-0.1, -0.05) is 48.5 Å². The van der Waals surface area contributed by atoms with E-state index in [1.54, 1.807) is 42.8 Å². The topological polar surface area (TPSA) is 60.1 Å². The van der Waals surface area contributed by atoms with Crippen LogP contribution in [-0.2, 0) is 4.75 Å². The van der Waals surface area contributed by atoms with E-state index in [-0.39, 0.29) is 21.9 Å². The van der Waals surface area contributed by atoms with Crippen molar-refractivity contribution in [1.82, 2.24) is 19.0 Å². The fraction of sp³-hybridized carbons (Fsp3) is 0.194. The number of carbonyl (C=O) groups excluding carboxylic acids is 2. The van der Waals surface area contributed by atoms with E-state index in [1.165, 1.54) is 4.90 Å². The lowest BCUT2D eigenvalue weighted by atomic mass is 9.96. The molecule has 1 aliphatic heterocycles. The van der Waals surface area contributed by atoms with Crippen molar-refractivity contribution >= 4 is 34.5 Å². The summed E-state index contributed by atoms with van der Waals surface area (Å²) in [5, 5.41) is 0.803. The average molecular weight is 521 g/mol. The highest BCUT2D eigenvalue weighted by Crippen LogP contribution is 2.54. The quantitative estimate of drug-likeness (QED) is 0.245. The number of thioether (sulfide) groups is 1. The Balaban J connectivity index is 1.49. The van der Waals surface area contributed by atoms with E-state index >= 15 is 0 Å². The summed E-state index contributed by atoms with van der Waals surface area (Å²) in [6, 6.07) is 21.7. The van der Waals surface area contributed by atoms with Gasteiger partial charge < -0.3 is 9.47 Å². The lowest BCUT2D eigenvalue weighted by Gasteiger charge is -2.18. The van der Waals surface area contributed by atoms with Crippen LogP contribution in [0.25, 0.3) is 22.0 Å². The largest absolute Gasteiger partial charge is 0.333 e. The number of rotatable bonds is 4. The summed E-state index contributed by atoms with van der Waals surface area (Å²) in [5.74, 6) is -0.0815. The molecule has 0 fully saturated rings. The Labute approximate surface area is 225 Å². The fourth-order valence-corrected chi connectivity index (χ4v) is 6.79. The van der Waals surface area contributed by atoms with Gasteiger partial charge in [-0.25, -0.2) is 4.79 Å². The maximum absolute atomic E-state index is 14.2. The van der Waals surface area contributed by atoms with Gasteiger partial charge in [0.2, 0.25) is 0 Å². The first-order valence-electron chi connectivity index (χ1n) is 12.5. The summed E-state index contributed by atoms with van der Waals surface area (Å²) in [5.41, 5.74) is 6.03. The van der Waals surface area contributed by atoms with Crippen molar-refractivity contribution in [3.8, 4) is 11.1 Å². The zero-order chi connectivity index (χ0) is 26.6. The Kier molecular flexibility index (Phi) is 5.76. The molecule has 6 rings (SSSR count). The fourth-order valence-electron chi connectivity index (χ4n) is 5.34. The predicted molar refractivity (Wildman–Crippen MR) is 153 cm³/mol. The molecule has 5 aromatic rings. The number of carbonyl (C=O) groups is 2. The van der Waals surface area contributed by atoms with E-state index in [0.717, 1.165) is 27.8 Å². The number of ketones is 1. The number of hydrogen-bond acceptors (Lipinski definition) is 4. The molecule has 0 radical (unpaired) electrons. The minimum absolute atomic E-state index is 0.0420. The molecule has 6 nitrogen and oxygen atoms in total. The third-order valence-corrected chi connectivity index (χ3v) is 8.61.